The monoisotopic (exact) mass is 313 g/mol. The van der Waals surface area contributed by atoms with Crippen molar-refractivity contribution in [1.82, 2.24) is 4.90 Å². The first-order valence-electron chi connectivity index (χ1n) is 7.93. The molecule has 0 aliphatic carbocycles. The fourth-order valence-electron chi connectivity index (χ4n) is 3.41. The van der Waals surface area contributed by atoms with Crippen LogP contribution in [0.3, 0.4) is 0 Å². The summed E-state index contributed by atoms with van der Waals surface area (Å²) in [6.07, 6.45) is 0. The molecule has 0 aromatic heterocycles. The largest absolute Gasteiger partial charge is 0.346 e. The molecule has 3 heteroatoms. The quantitative estimate of drug-likeness (QED) is 0.598. The van der Waals surface area contributed by atoms with Crippen LogP contribution in [0.1, 0.15) is 37.1 Å². The lowest BCUT2D eigenvalue weighted by Crippen LogP contribution is -2.28. The van der Waals surface area contributed by atoms with Gasteiger partial charge in [-0.2, -0.15) is 0 Å². The second-order valence-corrected chi connectivity index (χ2v) is 5.89. The molecule has 2 atom stereocenters. The van der Waals surface area contributed by atoms with E-state index in [1.165, 1.54) is 11.1 Å². The highest BCUT2D eigenvalue weighted by Crippen LogP contribution is 2.42. The van der Waals surface area contributed by atoms with Gasteiger partial charge < -0.3 is 0 Å². The van der Waals surface area contributed by atoms with Gasteiger partial charge in [0.05, 0.1) is 13.1 Å². The molecule has 1 heterocycles. The standard InChI is InChI=1S/C19H22ClN2/c1-3-21-17(15-11-7-5-8-12-15)18(22(4-2)19(21)20)16-13-9-6-10-14-16/h5-14,17-18H,3-4H2,1-2H3/q+1/t17-,18-/m0/s1. The molecule has 1 aliphatic heterocycles. The Bertz CT molecular complexity index is 652. The lowest BCUT2D eigenvalue weighted by molar-refractivity contribution is -0.562. The van der Waals surface area contributed by atoms with Crippen LogP contribution in [0.25, 0.3) is 0 Å². The minimum atomic E-state index is 0.251. The predicted octanol–water partition coefficient (Wildman–Crippen LogP) is 4.43. The van der Waals surface area contributed by atoms with Gasteiger partial charge in [0.1, 0.15) is 0 Å². The van der Waals surface area contributed by atoms with Crippen molar-refractivity contribution < 1.29 is 4.58 Å². The Kier molecular flexibility index (Phi) is 4.49. The molecule has 0 bridgehead atoms. The molecule has 0 N–H and O–H groups in total. The van der Waals surface area contributed by atoms with Crippen LogP contribution in [0.5, 0.6) is 0 Å². The van der Waals surface area contributed by atoms with Crippen LogP contribution in [-0.4, -0.2) is 27.9 Å². The van der Waals surface area contributed by atoms with Crippen molar-refractivity contribution in [2.24, 2.45) is 0 Å². The Hall–Kier alpha value is -1.80. The molecule has 2 aromatic rings. The summed E-state index contributed by atoms with van der Waals surface area (Å²) in [5.41, 5.74) is 2.62. The molecular formula is C19H22ClN2+. The summed E-state index contributed by atoms with van der Waals surface area (Å²) in [5.74, 6) is 0. The second kappa shape index (κ2) is 6.53. The normalized spacial score (nSPS) is 21.5. The molecule has 1 aliphatic rings. The highest BCUT2D eigenvalue weighted by molar-refractivity contribution is 6.63. The number of hydrogen-bond acceptors (Lipinski definition) is 1. The highest BCUT2D eigenvalue weighted by Gasteiger charge is 2.47. The van der Waals surface area contributed by atoms with Gasteiger partial charge in [0.15, 0.2) is 12.1 Å². The summed E-state index contributed by atoms with van der Waals surface area (Å²) in [5, 5.41) is 0.854. The molecule has 0 amide bonds. The molecule has 0 saturated heterocycles. The van der Waals surface area contributed by atoms with Crippen LogP contribution < -0.4 is 0 Å². The van der Waals surface area contributed by atoms with Crippen LogP contribution >= 0.6 is 11.6 Å². The number of rotatable bonds is 4. The van der Waals surface area contributed by atoms with E-state index in [-0.39, 0.29) is 12.1 Å². The maximum atomic E-state index is 6.70. The summed E-state index contributed by atoms with van der Waals surface area (Å²) >= 11 is 6.70. The third kappa shape index (κ3) is 2.52. The summed E-state index contributed by atoms with van der Waals surface area (Å²) in [7, 11) is 0. The van der Waals surface area contributed by atoms with Crippen molar-refractivity contribution in [3.05, 3.63) is 71.8 Å². The van der Waals surface area contributed by atoms with Crippen molar-refractivity contribution in [1.29, 1.82) is 0 Å². The molecule has 0 spiro atoms. The fourth-order valence-corrected chi connectivity index (χ4v) is 3.86. The number of hydrogen-bond donors (Lipinski definition) is 0. The van der Waals surface area contributed by atoms with E-state index in [0.29, 0.717) is 0 Å². The average Bonchev–Trinajstić information content (AvgIpc) is 2.88. The Labute approximate surface area is 137 Å². The van der Waals surface area contributed by atoms with Crippen molar-refractivity contribution in [3.8, 4) is 0 Å². The SMILES string of the molecule is CCN1C(Cl)=[N+](CC)[C@@H](c2ccccc2)[C@@H]1c1ccccc1. The van der Waals surface area contributed by atoms with Crippen LogP contribution in [0.15, 0.2) is 60.7 Å². The van der Waals surface area contributed by atoms with Crippen molar-refractivity contribution in [2.75, 3.05) is 13.1 Å². The number of amidine groups is 1. The summed E-state index contributed by atoms with van der Waals surface area (Å²) in [4.78, 5) is 2.30. The molecule has 0 saturated carbocycles. The predicted molar refractivity (Wildman–Crippen MR) is 92.4 cm³/mol. The zero-order chi connectivity index (χ0) is 15.5. The van der Waals surface area contributed by atoms with Crippen molar-refractivity contribution in [2.45, 2.75) is 25.9 Å². The zero-order valence-electron chi connectivity index (χ0n) is 13.1. The molecule has 22 heavy (non-hydrogen) atoms. The van der Waals surface area contributed by atoms with E-state index < -0.39 is 0 Å². The molecule has 0 radical (unpaired) electrons. The molecular weight excluding hydrogens is 292 g/mol. The topological polar surface area (TPSA) is 6.25 Å². The smallest absolute Gasteiger partial charge is 0.240 e. The average molecular weight is 314 g/mol. The number of halogens is 1. The van der Waals surface area contributed by atoms with E-state index in [4.69, 9.17) is 11.6 Å². The molecule has 3 rings (SSSR count). The third-order valence-corrected chi connectivity index (χ3v) is 4.84. The van der Waals surface area contributed by atoms with E-state index in [2.05, 4.69) is 84.0 Å². The van der Waals surface area contributed by atoms with Crippen molar-refractivity contribution in [3.63, 3.8) is 0 Å². The maximum Gasteiger partial charge on any atom is 0.346 e. The number of nitrogens with zero attached hydrogens (tertiary/aromatic N) is 2. The van der Waals surface area contributed by atoms with Gasteiger partial charge in [-0.3, -0.25) is 0 Å². The Morgan fingerprint density at radius 2 is 1.45 bits per heavy atom. The Morgan fingerprint density at radius 1 is 0.909 bits per heavy atom. The second-order valence-electron chi connectivity index (χ2n) is 5.55. The summed E-state index contributed by atoms with van der Waals surface area (Å²) in [6.45, 7) is 6.13. The van der Waals surface area contributed by atoms with Crippen LogP contribution in [0.2, 0.25) is 0 Å². The number of likely N-dealkylation sites (N-methyl/N-ethyl adjacent to an activating group) is 2. The minimum absolute atomic E-state index is 0.251. The first-order valence-corrected chi connectivity index (χ1v) is 8.31. The zero-order valence-corrected chi connectivity index (χ0v) is 13.9. The Morgan fingerprint density at radius 3 is 1.95 bits per heavy atom. The van der Waals surface area contributed by atoms with Gasteiger partial charge in [-0.15, -0.1) is 0 Å². The number of benzene rings is 2. The first kappa shape index (κ1) is 15.1. The molecule has 114 valence electrons. The van der Waals surface area contributed by atoms with Crippen LogP contribution in [-0.2, 0) is 0 Å². The maximum absolute atomic E-state index is 6.70. The van der Waals surface area contributed by atoms with Gasteiger partial charge in [-0.25, -0.2) is 9.48 Å². The van der Waals surface area contributed by atoms with E-state index >= 15 is 0 Å². The van der Waals surface area contributed by atoms with E-state index in [1.54, 1.807) is 0 Å². The third-order valence-electron chi connectivity index (χ3n) is 4.41. The minimum Gasteiger partial charge on any atom is -0.240 e. The molecule has 0 fully saturated rings. The van der Waals surface area contributed by atoms with E-state index in [9.17, 15) is 0 Å². The van der Waals surface area contributed by atoms with E-state index in [1.807, 2.05) is 0 Å². The van der Waals surface area contributed by atoms with Gasteiger partial charge in [0, 0.05) is 22.7 Å². The van der Waals surface area contributed by atoms with Gasteiger partial charge in [-0.1, -0.05) is 60.7 Å². The fraction of sp³-hybridized carbons (Fsp3) is 0.316. The molecule has 2 nitrogen and oxygen atoms in total. The Balaban J connectivity index is 2.13. The lowest BCUT2D eigenvalue weighted by atomic mass is 9.93. The van der Waals surface area contributed by atoms with Crippen molar-refractivity contribution >= 4 is 16.9 Å². The van der Waals surface area contributed by atoms with Gasteiger partial charge in [-0.05, 0) is 13.8 Å². The van der Waals surface area contributed by atoms with Crippen LogP contribution in [0.4, 0.5) is 0 Å². The summed E-state index contributed by atoms with van der Waals surface area (Å²) < 4.78 is 2.30. The van der Waals surface area contributed by atoms with Crippen LogP contribution in [0, 0.1) is 0 Å². The van der Waals surface area contributed by atoms with E-state index in [0.717, 1.165) is 18.4 Å². The molecule has 0 unspecified atom stereocenters. The highest BCUT2D eigenvalue weighted by atomic mass is 35.5. The van der Waals surface area contributed by atoms with Gasteiger partial charge in [0.2, 0.25) is 0 Å². The molecule has 2 aromatic carbocycles. The lowest BCUT2D eigenvalue weighted by Gasteiger charge is -2.23. The first-order chi connectivity index (χ1) is 10.8. The summed E-state index contributed by atoms with van der Waals surface area (Å²) in [6, 6.07) is 21.9. The van der Waals surface area contributed by atoms with Gasteiger partial charge in [0.25, 0.3) is 0 Å². The van der Waals surface area contributed by atoms with Gasteiger partial charge >= 0.3 is 5.29 Å².